The van der Waals surface area contributed by atoms with Crippen LogP contribution in [-0.4, -0.2) is 41.4 Å². The Bertz CT molecular complexity index is 484. The molecule has 1 aromatic carbocycles. The fourth-order valence-corrected chi connectivity index (χ4v) is 2.74. The molecular weight excluding hydrogens is 381 g/mol. The number of alkyl halides is 1. The van der Waals surface area contributed by atoms with E-state index in [2.05, 4.69) is 31.9 Å². The molecule has 2 unspecified atom stereocenters. The number of hydrogen-bond acceptors (Lipinski definition) is 2. The van der Waals surface area contributed by atoms with Gasteiger partial charge in [-0.25, -0.2) is 4.39 Å². The number of ether oxygens (including phenoxy) is 1. The second kappa shape index (κ2) is 6.33. The molecule has 1 fully saturated rings. The molecule has 1 aliphatic rings. The molecule has 1 aliphatic heterocycles. The summed E-state index contributed by atoms with van der Waals surface area (Å²) >= 11 is 6.53. The van der Waals surface area contributed by atoms with Gasteiger partial charge in [0.1, 0.15) is 5.82 Å². The molecular formula is C13H14Br2FNO2. The maximum absolute atomic E-state index is 13.8. The predicted molar refractivity (Wildman–Crippen MR) is 78.1 cm³/mol. The number of benzene rings is 1. The van der Waals surface area contributed by atoms with Gasteiger partial charge in [0.2, 0.25) is 0 Å². The molecule has 2 atom stereocenters. The quantitative estimate of drug-likeness (QED) is 0.721. The van der Waals surface area contributed by atoms with Gasteiger partial charge < -0.3 is 9.64 Å². The normalized spacial score (nSPS) is 23.5. The van der Waals surface area contributed by atoms with Crippen molar-refractivity contribution in [3.63, 3.8) is 0 Å². The number of morpholine rings is 1. The third-order valence-corrected chi connectivity index (χ3v) is 4.32. The Hall–Kier alpha value is -0.460. The van der Waals surface area contributed by atoms with Crippen LogP contribution in [0.1, 0.15) is 17.3 Å². The van der Waals surface area contributed by atoms with Crippen LogP contribution in [0.5, 0.6) is 0 Å². The van der Waals surface area contributed by atoms with Gasteiger partial charge in [0.15, 0.2) is 0 Å². The smallest absolute Gasteiger partial charge is 0.257 e. The van der Waals surface area contributed by atoms with Crippen molar-refractivity contribution in [1.29, 1.82) is 0 Å². The number of carbonyl (C=O) groups excluding carboxylic acids is 1. The lowest BCUT2D eigenvalue weighted by atomic mass is 10.1. The van der Waals surface area contributed by atoms with Crippen molar-refractivity contribution in [2.45, 2.75) is 19.1 Å². The molecule has 0 radical (unpaired) electrons. The van der Waals surface area contributed by atoms with Crippen molar-refractivity contribution in [3.8, 4) is 0 Å². The Kier molecular flexibility index (Phi) is 4.97. The average Bonchev–Trinajstić information content (AvgIpc) is 2.38. The van der Waals surface area contributed by atoms with E-state index in [9.17, 15) is 9.18 Å². The summed E-state index contributed by atoms with van der Waals surface area (Å²) in [5, 5.41) is 0.659. The fourth-order valence-electron chi connectivity index (χ4n) is 2.01. The largest absolute Gasteiger partial charge is 0.373 e. The van der Waals surface area contributed by atoms with Gasteiger partial charge in [-0.15, -0.1) is 0 Å². The minimum absolute atomic E-state index is 0.0429. The summed E-state index contributed by atoms with van der Waals surface area (Å²) in [4.78, 5) is 14.1. The van der Waals surface area contributed by atoms with Crippen LogP contribution in [0.15, 0.2) is 22.7 Å². The van der Waals surface area contributed by atoms with E-state index >= 15 is 0 Å². The summed E-state index contributed by atoms with van der Waals surface area (Å²) in [5.41, 5.74) is 0.102. The van der Waals surface area contributed by atoms with Gasteiger partial charge in [0.25, 0.3) is 5.91 Å². The van der Waals surface area contributed by atoms with Crippen molar-refractivity contribution in [2.24, 2.45) is 0 Å². The summed E-state index contributed by atoms with van der Waals surface area (Å²) in [6, 6.07) is 4.43. The zero-order valence-corrected chi connectivity index (χ0v) is 13.6. The van der Waals surface area contributed by atoms with Gasteiger partial charge in [-0.05, 0) is 25.1 Å². The monoisotopic (exact) mass is 393 g/mol. The van der Waals surface area contributed by atoms with Crippen LogP contribution < -0.4 is 0 Å². The Labute approximate surface area is 128 Å². The van der Waals surface area contributed by atoms with E-state index in [-0.39, 0.29) is 23.6 Å². The van der Waals surface area contributed by atoms with Gasteiger partial charge >= 0.3 is 0 Å². The Morgan fingerprint density at radius 3 is 2.95 bits per heavy atom. The number of carbonyl (C=O) groups is 1. The molecule has 0 bridgehead atoms. The van der Waals surface area contributed by atoms with Gasteiger partial charge in [-0.3, -0.25) is 4.79 Å². The average molecular weight is 395 g/mol. The minimum atomic E-state index is -0.506. The molecule has 6 heteroatoms. The van der Waals surface area contributed by atoms with E-state index in [1.807, 2.05) is 6.92 Å². The summed E-state index contributed by atoms with van der Waals surface area (Å²) in [5.74, 6) is -0.791. The highest BCUT2D eigenvalue weighted by Crippen LogP contribution is 2.20. The molecule has 1 amide bonds. The summed E-state index contributed by atoms with van der Waals surface area (Å²) in [6.45, 7) is 2.85. The standard InChI is InChI=1S/C13H14Br2FNO2/c1-8-7-19-10(5-14)6-17(8)13(18)11-3-2-9(15)4-12(11)16/h2-4,8,10H,5-7H2,1H3. The molecule has 1 aromatic rings. The molecule has 104 valence electrons. The highest BCUT2D eigenvalue weighted by atomic mass is 79.9. The first-order chi connectivity index (χ1) is 9.02. The molecule has 0 spiro atoms. The molecule has 0 saturated carbocycles. The first kappa shape index (κ1) is 14.9. The highest BCUT2D eigenvalue weighted by molar-refractivity contribution is 9.10. The van der Waals surface area contributed by atoms with Crippen molar-refractivity contribution in [3.05, 3.63) is 34.1 Å². The molecule has 2 rings (SSSR count). The van der Waals surface area contributed by atoms with E-state index in [1.54, 1.807) is 11.0 Å². The topological polar surface area (TPSA) is 29.5 Å². The van der Waals surface area contributed by atoms with Crippen molar-refractivity contribution in [2.75, 3.05) is 18.5 Å². The van der Waals surface area contributed by atoms with Gasteiger partial charge in [-0.2, -0.15) is 0 Å². The molecule has 3 nitrogen and oxygen atoms in total. The van der Waals surface area contributed by atoms with Gasteiger partial charge in [-0.1, -0.05) is 31.9 Å². The lowest BCUT2D eigenvalue weighted by Crippen LogP contribution is -2.51. The molecule has 1 heterocycles. The Morgan fingerprint density at radius 1 is 1.58 bits per heavy atom. The summed E-state index contributed by atoms with van der Waals surface area (Å²) in [6.07, 6.45) is -0.0429. The molecule has 19 heavy (non-hydrogen) atoms. The number of hydrogen-bond donors (Lipinski definition) is 0. The van der Waals surface area contributed by atoms with Crippen LogP contribution in [0.4, 0.5) is 4.39 Å². The number of amides is 1. The van der Waals surface area contributed by atoms with E-state index in [1.165, 1.54) is 12.1 Å². The Balaban J connectivity index is 2.22. The van der Waals surface area contributed by atoms with Gasteiger partial charge in [0.05, 0.1) is 24.3 Å². The predicted octanol–water partition coefficient (Wildman–Crippen LogP) is 3.21. The zero-order chi connectivity index (χ0) is 14.0. The maximum atomic E-state index is 13.8. The summed E-state index contributed by atoms with van der Waals surface area (Å²) < 4.78 is 20.0. The molecule has 0 aromatic heterocycles. The van der Waals surface area contributed by atoms with E-state index in [0.29, 0.717) is 23.0 Å². The van der Waals surface area contributed by atoms with E-state index in [0.717, 1.165) is 0 Å². The zero-order valence-electron chi connectivity index (χ0n) is 10.4. The lowest BCUT2D eigenvalue weighted by molar-refractivity contribution is -0.0363. The highest BCUT2D eigenvalue weighted by Gasteiger charge is 2.30. The van der Waals surface area contributed by atoms with E-state index < -0.39 is 5.82 Å². The molecule has 0 aliphatic carbocycles. The lowest BCUT2D eigenvalue weighted by Gasteiger charge is -2.37. The number of rotatable bonds is 2. The second-order valence-electron chi connectivity index (χ2n) is 4.54. The van der Waals surface area contributed by atoms with Crippen molar-refractivity contribution < 1.29 is 13.9 Å². The maximum Gasteiger partial charge on any atom is 0.257 e. The van der Waals surface area contributed by atoms with Crippen LogP contribution in [-0.2, 0) is 4.74 Å². The first-order valence-electron chi connectivity index (χ1n) is 5.96. The van der Waals surface area contributed by atoms with Crippen LogP contribution in [0, 0.1) is 5.82 Å². The van der Waals surface area contributed by atoms with Crippen LogP contribution in [0.3, 0.4) is 0 Å². The number of nitrogens with zero attached hydrogens (tertiary/aromatic N) is 1. The molecule has 1 saturated heterocycles. The van der Waals surface area contributed by atoms with Crippen LogP contribution in [0.25, 0.3) is 0 Å². The fraction of sp³-hybridized carbons (Fsp3) is 0.462. The SMILES string of the molecule is CC1COC(CBr)CN1C(=O)c1ccc(Br)cc1F. The number of halogens is 3. The van der Waals surface area contributed by atoms with Crippen molar-refractivity contribution in [1.82, 2.24) is 4.90 Å². The van der Waals surface area contributed by atoms with Crippen molar-refractivity contribution >= 4 is 37.8 Å². The van der Waals surface area contributed by atoms with E-state index in [4.69, 9.17) is 4.74 Å². The van der Waals surface area contributed by atoms with Gasteiger partial charge in [0, 0.05) is 16.3 Å². The third-order valence-electron chi connectivity index (χ3n) is 3.10. The minimum Gasteiger partial charge on any atom is -0.373 e. The van der Waals surface area contributed by atoms with Crippen LogP contribution >= 0.6 is 31.9 Å². The molecule has 0 N–H and O–H groups in total. The third kappa shape index (κ3) is 3.35. The van der Waals surface area contributed by atoms with Crippen LogP contribution in [0.2, 0.25) is 0 Å². The second-order valence-corrected chi connectivity index (χ2v) is 6.10. The Morgan fingerprint density at radius 2 is 2.32 bits per heavy atom. The summed E-state index contributed by atoms with van der Waals surface area (Å²) in [7, 11) is 0. The first-order valence-corrected chi connectivity index (χ1v) is 7.88.